The highest BCUT2D eigenvalue weighted by Gasteiger charge is 2.07. The SMILES string of the molecule is Nc1cccc(CCC(=O)Nc2cc(Cl)nc(Cl)n2)c1. The van der Waals surface area contributed by atoms with E-state index in [1.165, 1.54) is 6.07 Å². The predicted octanol–water partition coefficient (Wildman–Crippen LogP) is 2.94. The van der Waals surface area contributed by atoms with Gasteiger partial charge in [0, 0.05) is 18.2 Å². The number of nitrogens with two attached hydrogens (primary N) is 1. The molecular weight excluding hydrogens is 299 g/mol. The second kappa shape index (κ2) is 6.54. The van der Waals surface area contributed by atoms with E-state index in [-0.39, 0.29) is 22.2 Å². The summed E-state index contributed by atoms with van der Waals surface area (Å²) in [6, 6.07) is 8.85. The summed E-state index contributed by atoms with van der Waals surface area (Å²) in [6.45, 7) is 0. The Hall–Kier alpha value is -1.85. The van der Waals surface area contributed by atoms with Gasteiger partial charge in [-0.1, -0.05) is 23.7 Å². The van der Waals surface area contributed by atoms with Crippen LogP contribution in [0, 0.1) is 0 Å². The first-order chi connectivity index (χ1) is 9.52. The number of nitrogen functional groups attached to an aromatic ring is 1. The van der Waals surface area contributed by atoms with E-state index in [2.05, 4.69) is 15.3 Å². The van der Waals surface area contributed by atoms with Gasteiger partial charge in [0.1, 0.15) is 11.0 Å². The average molecular weight is 311 g/mol. The third-order valence-corrected chi connectivity index (χ3v) is 2.89. The minimum Gasteiger partial charge on any atom is -0.399 e. The lowest BCUT2D eigenvalue weighted by molar-refractivity contribution is -0.116. The van der Waals surface area contributed by atoms with Crippen molar-refractivity contribution in [3.63, 3.8) is 0 Å². The largest absolute Gasteiger partial charge is 0.399 e. The third kappa shape index (κ3) is 4.36. The fraction of sp³-hybridized carbons (Fsp3) is 0.154. The van der Waals surface area contributed by atoms with Gasteiger partial charge in [0.25, 0.3) is 0 Å². The summed E-state index contributed by atoms with van der Waals surface area (Å²) >= 11 is 11.4. The summed E-state index contributed by atoms with van der Waals surface area (Å²) in [7, 11) is 0. The molecule has 1 aromatic heterocycles. The van der Waals surface area contributed by atoms with Crippen LogP contribution in [0.25, 0.3) is 0 Å². The Balaban J connectivity index is 1.92. The van der Waals surface area contributed by atoms with Gasteiger partial charge in [-0.05, 0) is 35.7 Å². The molecule has 0 aliphatic carbocycles. The molecule has 0 unspecified atom stereocenters. The van der Waals surface area contributed by atoms with Gasteiger partial charge < -0.3 is 11.1 Å². The topological polar surface area (TPSA) is 80.9 Å². The lowest BCUT2D eigenvalue weighted by atomic mass is 10.1. The highest BCUT2D eigenvalue weighted by Crippen LogP contribution is 2.15. The second-order valence-electron chi connectivity index (χ2n) is 4.14. The summed E-state index contributed by atoms with van der Waals surface area (Å²) < 4.78 is 0. The molecule has 0 spiro atoms. The zero-order valence-corrected chi connectivity index (χ0v) is 11.9. The Morgan fingerprint density at radius 3 is 2.75 bits per heavy atom. The fourth-order valence-electron chi connectivity index (χ4n) is 1.67. The van der Waals surface area contributed by atoms with E-state index in [4.69, 9.17) is 28.9 Å². The molecule has 5 nitrogen and oxygen atoms in total. The van der Waals surface area contributed by atoms with Crippen LogP contribution in [-0.4, -0.2) is 15.9 Å². The number of nitrogens with zero attached hydrogens (tertiary/aromatic N) is 2. The first kappa shape index (κ1) is 14.6. The minimum atomic E-state index is -0.182. The lowest BCUT2D eigenvalue weighted by Gasteiger charge is -2.05. The minimum absolute atomic E-state index is 0.0105. The predicted molar refractivity (Wildman–Crippen MR) is 79.9 cm³/mol. The van der Waals surface area contributed by atoms with E-state index in [0.717, 1.165) is 5.56 Å². The number of aryl methyl sites for hydroxylation is 1. The van der Waals surface area contributed by atoms with Crippen molar-refractivity contribution in [1.29, 1.82) is 0 Å². The summed E-state index contributed by atoms with van der Waals surface area (Å²) in [5.74, 6) is 0.103. The zero-order chi connectivity index (χ0) is 14.5. The number of nitrogens with one attached hydrogen (secondary N) is 1. The number of rotatable bonds is 4. The number of anilines is 2. The molecular formula is C13H12Cl2N4O. The molecule has 0 aliphatic heterocycles. The molecule has 3 N–H and O–H groups in total. The van der Waals surface area contributed by atoms with E-state index >= 15 is 0 Å². The molecule has 0 radical (unpaired) electrons. The van der Waals surface area contributed by atoms with E-state index in [1.807, 2.05) is 18.2 Å². The van der Waals surface area contributed by atoms with Crippen molar-refractivity contribution in [3.05, 3.63) is 46.3 Å². The van der Waals surface area contributed by atoms with Gasteiger partial charge >= 0.3 is 0 Å². The number of hydrogen-bond donors (Lipinski definition) is 2. The third-order valence-electron chi connectivity index (χ3n) is 2.53. The molecule has 0 saturated carbocycles. The van der Waals surface area contributed by atoms with Crippen molar-refractivity contribution in [2.75, 3.05) is 11.1 Å². The smallest absolute Gasteiger partial charge is 0.225 e. The summed E-state index contributed by atoms with van der Waals surface area (Å²) in [5.41, 5.74) is 7.35. The summed E-state index contributed by atoms with van der Waals surface area (Å²) in [4.78, 5) is 19.4. The molecule has 1 aromatic carbocycles. The highest BCUT2D eigenvalue weighted by molar-refractivity contribution is 6.32. The van der Waals surface area contributed by atoms with Gasteiger partial charge in [0.2, 0.25) is 11.2 Å². The molecule has 0 atom stereocenters. The molecule has 1 heterocycles. The maximum Gasteiger partial charge on any atom is 0.225 e. The Bertz CT molecular complexity index is 613. The normalized spacial score (nSPS) is 10.3. The van der Waals surface area contributed by atoms with Crippen molar-refractivity contribution in [2.45, 2.75) is 12.8 Å². The van der Waals surface area contributed by atoms with Gasteiger partial charge in [-0.3, -0.25) is 4.79 Å². The van der Waals surface area contributed by atoms with Crippen molar-refractivity contribution >= 4 is 40.6 Å². The van der Waals surface area contributed by atoms with E-state index < -0.39 is 0 Å². The zero-order valence-electron chi connectivity index (χ0n) is 10.4. The highest BCUT2D eigenvalue weighted by atomic mass is 35.5. The van der Waals surface area contributed by atoms with Crippen LogP contribution < -0.4 is 11.1 Å². The maximum atomic E-state index is 11.8. The van der Waals surface area contributed by atoms with Gasteiger partial charge in [-0.2, -0.15) is 0 Å². The molecule has 0 aliphatic rings. The Labute approximate surface area is 126 Å². The number of amides is 1. The number of carbonyl (C=O) groups is 1. The number of carbonyl (C=O) groups excluding carboxylic acids is 1. The number of aromatic nitrogens is 2. The monoisotopic (exact) mass is 310 g/mol. The molecule has 2 aromatic rings. The standard InChI is InChI=1S/C13H12Cl2N4O/c14-10-7-11(19-13(15)17-10)18-12(20)5-4-8-2-1-3-9(16)6-8/h1-3,6-7H,4-5,16H2,(H,17,18,19,20). The van der Waals surface area contributed by atoms with Crippen molar-refractivity contribution in [3.8, 4) is 0 Å². The van der Waals surface area contributed by atoms with E-state index in [1.54, 1.807) is 6.07 Å². The molecule has 7 heteroatoms. The van der Waals surface area contributed by atoms with Crippen molar-refractivity contribution < 1.29 is 4.79 Å². The van der Waals surface area contributed by atoms with E-state index in [9.17, 15) is 4.79 Å². The molecule has 0 saturated heterocycles. The van der Waals surface area contributed by atoms with Crippen LogP contribution in [0.3, 0.4) is 0 Å². The van der Waals surface area contributed by atoms with Gasteiger partial charge in [-0.25, -0.2) is 9.97 Å². The Morgan fingerprint density at radius 1 is 1.25 bits per heavy atom. The average Bonchev–Trinajstić information content (AvgIpc) is 2.35. The lowest BCUT2D eigenvalue weighted by Crippen LogP contribution is -2.13. The summed E-state index contributed by atoms with van der Waals surface area (Å²) in [6.07, 6.45) is 0.895. The molecule has 104 valence electrons. The van der Waals surface area contributed by atoms with Crippen LogP contribution in [-0.2, 0) is 11.2 Å². The van der Waals surface area contributed by atoms with E-state index in [0.29, 0.717) is 18.5 Å². The van der Waals surface area contributed by atoms with Crippen LogP contribution in [0.1, 0.15) is 12.0 Å². The molecule has 2 rings (SSSR count). The number of halogens is 2. The molecule has 1 amide bonds. The van der Waals surface area contributed by atoms with Gasteiger partial charge in [-0.15, -0.1) is 0 Å². The Morgan fingerprint density at radius 2 is 2.05 bits per heavy atom. The quantitative estimate of drug-likeness (QED) is 0.517. The first-order valence-electron chi connectivity index (χ1n) is 5.87. The molecule has 0 bridgehead atoms. The van der Waals surface area contributed by atoms with Crippen LogP contribution in [0.2, 0.25) is 10.4 Å². The number of hydrogen-bond acceptors (Lipinski definition) is 4. The van der Waals surface area contributed by atoms with Crippen LogP contribution in [0.5, 0.6) is 0 Å². The van der Waals surface area contributed by atoms with Gasteiger partial charge in [0.05, 0.1) is 0 Å². The second-order valence-corrected chi connectivity index (χ2v) is 4.86. The van der Waals surface area contributed by atoms with Crippen LogP contribution >= 0.6 is 23.2 Å². The van der Waals surface area contributed by atoms with Crippen molar-refractivity contribution in [2.24, 2.45) is 0 Å². The van der Waals surface area contributed by atoms with Crippen LogP contribution in [0.15, 0.2) is 30.3 Å². The Kier molecular flexibility index (Phi) is 4.76. The number of benzene rings is 1. The summed E-state index contributed by atoms with van der Waals surface area (Å²) in [5, 5.41) is 2.78. The first-order valence-corrected chi connectivity index (χ1v) is 6.63. The molecule has 0 fully saturated rings. The van der Waals surface area contributed by atoms with Crippen molar-refractivity contribution in [1.82, 2.24) is 9.97 Å². The fourth-order valence-corrected chi connectivity index (χ4v) is 2.07. The maximum absolute atomic E-state index is 11.8. The van der Waals surface area contributed by atoms with Crippen LogP contribution in [0.4, 0.5) is 11.5 Å². The van der Waals surface area contributed by atoms with Gasteiger partial charge in [0.15, 0.2) is 0 Å². The molecule has 20 heavy (non-hydrogen) atoms.